The number of benzene rings is 1. The number of aliphatic carboxylic acids is 1. The topological polar surface area (TPSA) is 138 Å². The molecule has 0 saturated heterocycles. The van der Waals surface area contributed by atoms with Gasteiger partial charge < -0.3 is 15.8 Å². The second kappa shape index (κ2) is 8.06. The number of hydrazone groups is 1. The zero-order chi connectivity index (χ0) is 17.5. The van der Waals surface area contributed by atoms with Crippen LogP contribution in [0.25, 0.3) is 0 Å². The number of nitrogens with zero attached hydrogens (tertiary/aromatic N) is 2. The molecule has 2 rings (SSSR count). The number of carbonyl (C=O) groups excluding carboxylic acids is 1. The number of hydrogen-bond acceptors (Lipinski definition) is 7. The maximum Gasteiger partial charge on any atom is 0.322 e. The summed E-state index contributed by atoms with van der Waals surface area (Å²) >= 11 is 0. The molecule has 128 valence electrons. The van der Waals surface area contributed by atoms with Crippen LogP contribution in [0.3, 0.4) is 0 Å². The van der Waals surface area contributed by atoms with Crippen LogP contribution in [0.4, 0.5) is 0 Å². The van der Waals surface area contributed by atoms with Crippen LogP contribution < -0.4 is 16.7 Å². The van der Waals surface area contributed by atoms with Gasteiger partial charge in [-0.15, -0.1) is 0 Å². The average Bonchev–Trinajstić information content (AvgIpc) is 3.02. The van der Waals surface area contributed by atoms with Crippen molar-refractivity contribution in [2.24, 2.45) is 16.1 Å². The molecule has 1 heterocycles. The Kier molecular flexibility index (Phi) is 5.85. The predicted molar refractivity (Wildman–Crippen MR) is 87.2 cm³/mol. The fraction of sp³-hybridized carbons (Fsp3) is 0.333. The zero-order valence-corrected chi connectivity index (χ0v) is 13.1. The van der Waals surface area contributed by atoms with Gasteiger partial charge in [0.05, 0.1) is 18.3 Å². The molecule has 1 aromatic carbocycles. The van der Waals surface area contributed by atoms with Crippen molar-refractivity contribution < 1.29 is 19.5 Å². The van der Waals surface area contributed by atoms with Crippen LogP contribution in [0.15, 0.2) is 34.5 Å². The van der Waals surface area contributed by atoms with E-state index in [1.165, 1.54) is 13.1 Å². The summed E-state index contributed by atoms with van der Waals surface area (Å²) in [6, 6.07) is 6.58. The minimum absolute atomic E-state index is 0.0737. The highest BCUT2D eigenvalue weighted by Gasteiger charge is 2.25. The van der Waals surface area contributed by atoms with Gasteiger partial charge in [-0.05, 0) is 18.1 Å². The number of rotatable bonds is 7. The number of hydrazine groups is 1. The lowest BCUT2D eigenvalue weighted by atomic mass is 10.0. The highest BCUT2D eigenvalue weighted by molar-refractivity contribution is 6.02. The lowest BCUT2D eigenvalue weighted by Gasteiger charge is -2.12. The van der Waals surface area contributed by atoms with Crippen molar-refractivity contribution >= 4 is 23.8 Å². The maximum atomic E-state index is 11.8. The Morgan fingerprint density at radius 3 is 2.83 bits per heavy atom. The molecule has 0 radical (unpaired) electrons. The van der Waals surface area contributed by atoms with Crippen molar-refractivity contribution in [1.29, 1.82) is 0 Å². The van der Waals surface area contributed by atoms with Crippen LogP contribution in [-0.4, -0.2) is 41.1 Å². The molecular formula is C15H19N5O4. The summed E-state index contributed by atoms with van der Waals surface area (Å²) in [6.07, 6.45) is 1.72. The Labute approximate surface area is 138 Å². The maximum absolute atomic E-state index is 11.8. The molecule has 1 amide bonds. The third-order valence-electron chi connectivity index (χ3n) is 3.41. The summed E-state index contributed by atoms with van der Waals surface area (Å²) in [4.78, 5) is 27.7. The van der Waals surface area contributed by atoms with Gasteiger partial charge in [-0.3, -0.25) is 15.0 Å². The van der Waals surface area contributed by atoms with Crippen molar-refractivity contribution in [3.63, 3.8) is 0 Å². The van der Waals surface area contributed by atoms with Crippen molar-refractivity contribution in [1.82, 2.24) is 10.9 Å². The first-order valence-corrected chi connectivity index (χ1v) is 7.33. The van der Waals surface area contributed by atoms with Crippen molar-refractivity contribution in [3.8, 4) is 0 Å². The van der Waals surface area contributed by atoms with Gasteiger partial charge in [0.2, 0.25) is 5.91 Å². The fourth-order valence-corrected chi connectivity index (χ4v) is 2.06. The van der Waals surface area contributed by atoms with E-state index in [1.54, 1.807) is 0 Å². The van der Waals surface area contributed by atoms with E-state index < -0.39 is 12.0 Å². The second-order valence-corrected chi connectivity index (χ2v) is 5.33. The molecule has 0 aliphatic carbocycles. The highest BCUT2D eigenvalue weighted by Crippen LogP contribution is 2.19. The van der Waals surface area contributed by atoms with Gasteiger partial charge in [0.1, 0.15) is 12.1 Å². The molecule has 0 aromatic heterocycles. The number of amides is 1. The normalized spacial score (nSPS) is 18.0. The van der Waals surface area contributed by atoms with Gasteiger partial charge in [0.15, 0.2) is 0 Å². The third kappa shape index (κ3) is 4.78. The second-order valence-electron chi connectivity index (χ2n) is 5.33. The van der Waals surface area contributed by atoms with E-state index in [9.17, 15) is 9.59 Å². The van der Waals surface area contributed by atoms with E-state index in [0.717, 1.165) is 16.8 Å². The largest absolute Gasteiger partial charge is 0.480 e. The first kappa shape index (κ1) is 17.4. The molecule has 24 heavy (non-hydrogen) atoms. The van der Waals surface area contributed by atoms with Gasteiger partial charge in [-0.25, -0.2) is 5.43 Å². The summed E-state index contributed by atoms with van der Waals surface area (Å²) < 4.78 is 0. The first-order chi connectivity index (χ1) is 11.5. The summed E-state index contributed by atoms with van der Waals surface area (Å²) in [5, 5.41) is 16.2. The minimum Gasteiger partial charge on any atom is -0.480 e. The molecule has 5 N–H and O–H groups in total. The molecule has 1 unspecified atom stereocenters. The number of carboxylic acids is 1. The van der Waals surface area contributed by atoms with Crippen LogP contribution in [0, 0.1) is 0 Å². The van der Waals surface area contributed by atoms with Gasteiger partial charge >= 0.3 is 5.97 Å². The molecule has 1 aromatic rings. The van der Waals surface area contributed by atoms with E-state index in [2.05, 4.69) is 21.1 Å². The lowest BCUT2D eigenvalue weighted by Crippen LogP contribution is -2.47. The predicted octanol–water partition coefficient (Wildman–Crippen LogP) is -0.0438. The summed E-state index contributed by atoms with van der Waals surface area (Å²) in [6.45, 7) is 1.43. The molecule has 9 heteroatoms. The molecule has 0 spiro atoms. The van der Waals surface area contributed by atoms with Crippen molar-refractivity contribution in [3.05, 3.63) is 35.4 Å². The van der Waals surface area contributed by atoms with Crippen LogP contribution in [0.5, 0.6) is 0 Å². The van der Waals surface area contributed by atoms with Crippen molar-refractivity contribution in [2.45, 2.75) is 31.9 Å². The van der Waals surface area contributed by atoms with Crippen LogP contribution in [0.1, 0.15) is 30.9 Å². The highest BCUT2D eigenvalue weighted by atomic mass is 16.6. The molecule has 0 bridgehead atoms. The fourth-order valence-electron chi connectivity index (χ4n) is 2.06. The van der Waals surface area contributed by atoms with E-state index in [-0.39, 0.29) is 18.4 Å². The molecule has 2 atom stereocenters. The number of hydrogen-bond donors (Lipinski definition) is 4. The average molecular weight is 333 g/mol. The Morgan fingerprint density at radius 1 is 1.50 bits per heavy atom. The van der Waals surface area contributed by atoms with E-state index in [1.807, 2.05) is 24.3 Å². The van der Waals surface area contributed by atoms with E-state index in [4.69, 9.17) is 15.8 Å². The van der Waals surface area contributed by atoms with Crippen LogP contribution >= 0.6 is 0 Å². The van der Waals surface area contributed by atoms with Gasteiger partial charge in [0.25, 0.3) is 0 Å². The van der Waals surface area contributed by atoms with Crippen LogP contribution in [-0.2, 0) is 14.4 Å². The Bertz CT molecular complexity index is 656. The smallest absolute Gasteiger partial charge is 0.322 e. The quantitative estimate of drug-likeness (QED) is 0.314. The zero-order valence-electron chi connectivity index (χ0n) is 13.1. The number of nitrogens with one attached hydrogen (secondary N) is 2. The Balaban J connectivity index is 1.81. The SMILES string of the molecule is C[C@H](NNC(=O)CC1CC(c2ccc(C=NN)cc2)=NO1)C(=O)O. The molecule has 0 fully saturated rings. The Morgan fingerprint density at radius 2 is 2.21 bits per heavy atom. The molecule has 1 aliphatic heterocycles. The van der Waals surface area contributed by atoms with E-state index >= 15 is 0 Å². The lowest BCUT2D eigenvalue weighted by molar-refractivity contribution is -0.139. The standard InChI is InChI=1S/C15H19N5O4/c1-9(15(22)23)18-19-14(21)7-12-6-13(20-24-12)11-4-2-10(3-5-11)8-17-16/h2-5,8-9,12,18H,6-7,16H2,1H3,(H,19,21)(H,22,23)/t9-,12?/m0/s1. The Hall–Kier alpha value is -2.94. The third-order valence-corrected chi connectivity index (χ3v) is 3.41. The van der Waals surface area contributed by atoms with Gasteiger partial charge in [0, 0.05) is 6.42 Å². The summed E-state index contributed by atoms with van der Waals surface area (Å²) in [5.74, 6) is 3.68. The number of nitrogens with two attached hydrogens (primary N) is 1. The molecule has 1 aliphatic rings. The summed E-state index contributed by atoms with van der Waals surface area (Å²) in [7, 11) is 0. The summed E-state index contributed by atoms with van der Waals surface area (Å²) in [5.41, 5.74) is 7.25. The molecular weight excluding hydrogens is 314 g/mol. The molecule has 0 saturated carbocycles. The molecule has 9 nitrogen and oxygen atoms in total. The van der Waals surface area contributed by atoms with Crippen LogP contribution in [0.2, 0.25) is 0 Å². The number of carbonyl (C=O) groups is 2. The van der Waals surface area contributed by atoms with E-state index in [0.29, 0.717) is 6.42 Å². The minimum atomic E-state index is -1.05. The van der Waals surface area contributed by atoms with Gasteiger partial charge in [-0.2, -0.15) is 5.10 Å². The first-order valence-electron chi connectivity index (χ1n) is 7.33. The number of oxime groups is 1. The monoisotopic (exact) mass is 333 g/mol. The van der Waals surface area contributed by atoms with Crippen molar-refractivity contribution in [2.75, 3.05) is 0 Å². The number of carboxylic acid groups (broad SMARTS) is 1. The van der Waals surface area contributed by atoms with Gasteiger partial charge in [-0.1, -0.05) is 29.4 Å².